The van der Waals surface area contributed by atoms with Crippen molar-refractivity contribution in [3.8, 4) is 11.5 Å². The topological polar surface area (TPSA) is 210 Å². The van der Waals surface area contributed by atoms with Gasteiger partial charge in [-0.05, 0) is 83.6 Å². The third-order valence-electron chi connectivity index (χ3n) is 10.3. The highest BCUT2D eigenvalue weighted by atomic mass is 16.5. The number of aliphatic hydroxyl groups excluding tert-OH is 1. The van der Waals surface area contributed by atoms with Crippen molar-refractivity contribution in [3.05, 3.63) is 177 Å². The summed E-state index contributed by atoms with van der Waals surface area (Å²) in [6.45, 7) is 0.818. The summed E-state index contributed by atoms with van der Waals surface area (Å²) in [5, 5.41) is 51.8. The quantitative estimate of drug-likeness (QED) is 0.0723. The minimum Gasteiger partial charge on any atom is -0.506 e. The number of aliphatic carboxylic acids is 1. The number of ether oxygens (including phenoxy) is 1. The van der Waals surface area contributed by atoms with E-state index in [2.05, 4.69) is 20.9 Å². The number of hydrogen-bond acceptors (Lipinski definition) is 9. The molecule has 0 bridgehead atoms. The summed E-state index contributed by atoms with van der Waals surface area (Å²) in [7, 11) is 0. The largest absolute Gasteiger partial charge is 0.506 e. The van der Waals surface area contributed by atoms with Gasteiger partial charge in [-0.25, -0.2) is 4.79 Å². The number of carbonyl (C=O) groups excluding carboxylic acids is 2. The van der Waals surface area contributed by atoms with Crippen molar-refractivity contribution in [1.82, 2.24) is 20.9 Å². The number of rotatable bonds is 15. The van der Waals surface area contributed by atoms with Gasteiger partial charge in [-0.15, -0.1) is 0 Å². The van der Waals surface area contributed by atoms with E-state index in [1.807, 2.05) is 12.1 Å². The second-order valence-corrected chi connectivity index (χ2v) is 14.3. The zero-order valence-electron chi connectivity index (χ0n) is 31.2. The van der Waals surface area contributed by atoms with Crippen molar-refractivity contribution < 1.29 is 39.5 Å². The summed E-state index contributed by atoms with van der Waals surface area (Å²) >= 11 is 0. The van der Waals surface area contributed by atoms with Gasteiger partial charge in [0.15, 0.2) is 0 Å². The van der Waals surface area contributed by atoms with Gasteiger partial charge in [0.2, 0.25) is 11.2 Å². The molecular formula is C45H42N4O9. The molecule has 1 aromatic heterocycles. The zero-order valence-corrected chi connectivity index (χ0v) is 31.2. The van der Waals surface area contributed by atoms with Crippen LogP contribution in [0.3, 0.4) is 0 Å². The third kappa shape index (κ3) is 8.76. The second kappa shape index (κ2) is 17.1. The highest BCUT2D eigenvalue weighted by Gasteiger charge is 2.40. The SMILES string of the molecule is O=C(NC1CC(NC(=O)c2ccc(COc3cccc(C(O)(C(=O)O)c4ccccc4)c3)cc2)C1)c1ccc(CNCC(O)c2ccc(O)c3[nH]c(=O)ccc23)cc1. The van der Waals surface area contributed by atoms with Gasteiger partial charge in [-0.2, -0.15) is 0 Å². The van der Waals surface area contributed by atoms with Crippen LogP contribution in [-0.2, 0) is 23.5 Å². The Kier molecular flexibility index (Phi) is 11.7. The normalized spacial score (nSPS) is 16.4. The van der Waals surface area contributed by atoms with Crippen LogP contribution in [0.15, 0.2) is 132 Å². The van der Waals surface area contributed by atoms with Crippen LogP contribution in [0.25, 0.3) is 10.9 Å². The van der Waals surface area contributed by atoms with Gasteiger partial charge >= 0.3 is 5.97 Å². The molecule has 2 unspecified atom stereocenters. The Morgan fingerprint density at radius 2 is 1.38 bits per heavy atom. The number of aromatic hydroxyl groups is 1. The van der Waals surface area contributed by atoms with Gasteiger partial charge in [0, 0.05) is 53.3 Å². The summed E-state index contributed by atoms with van der Waals surface area (Å²) in [5.41, 5.74) is 1.31. The lowest BCUT2D eigenvalue weighted by atomic mass is 9.86. The van der Waals surface area contributed by atoms with E-state index in [1.165, 1.54) is 24.3 Å². The Morgan fingerprint density at radius 3 is 2.02 bits per heavy atom. The number of hydrogen-bond donors (Lipinski definition) is 8. The first kappa shape index (κ1) is 39.4. The van der Waals surface area contributed by atoms with Crippen LogP contribution < -0.4 is 26.2 Å². The maximum absolute atomic E-state index is 12.9. The van der Waals surface area contributed by atoms with E-state index in [9.17, 15) is 39.6 Å². The Bertz CT molecular complexity index is 2480. The average Bonchev–Trinajstić information content (AvgIpc) is 3.22. The molecule has 5 aromatic carbocycles. The molecule has 7 rings (SSSR count). The molecule has 2 atom stereocenters. The van der Waals surface area contributed by atoms with E-state index < -0.39 is 17.7 Å². The van der Waals surface area contributed by atoms with Crippen LogP contribution in [0.4, 0.5) is 0 Å². The van der Waals surface area contributed by atoms with Gasteiger partial charge in [-0.1, -0.05) is 72.8 Å². The molecule has 1 aliphatic carbocycles. The number of carboxylic acids is 1. The van der Waals surface area contributed by atoms with Crippen LogP contribution in [0, 0.1) is 0 Å². The lowest BCUT2D eigenvalue weighted by molar-refractivity contribution is -0.155. The van der Waals surface area contributed by atoms with Crippen molar-refractivity contribution in [1.29, 1.82) is 0 Å². The van der Waals surface area contributed by atoms with Gasteiger partial charge in [0.25, 0.3) is 11.8 Å². The molecule has 6 aromatic rings. The number of carbonyl (C=O) groups is 3. The van der Waals surface area contributed by atoms with Gasteiger partial charge in [0.05, 0.1) is 11.6 Å². The lowest BCUT2D eigenvalue weighted by Crippen LogP contribution is -2.53. The fourth-order valence-corrected chi connectivity index (χ4v) is 7.00. The molecule has 1 aliphatic rings. The Balaban J connectivity index is 0.830. The van der Waals surface area contributed by atoms with Gasteiger partial charge in [0.1, 0.15) is 18.1 Å². The zero-order chi connectivity index (χ0) is 40.8. The molecule has 13 heteroatoms. The molecule has 1 saturated carbocycles. The van der Waals surface area contributed by atoms with E-state index in [1.54, 1.807) is 91.0 Å². The highest BCUT2D eigenvalue weighted by molar-refractivity contribution is 5.95. The fraction of sp³-hybridized carbons (Fsp3) is 0.200. The fourth-order valence-electron chi connectivity index (χ4n) is 7.00. The van der Waals surface area contributed by atoms with Crippen LogP contribution in [0.1, 0.15) is 67.5 Å². The number of aromatic nitrogens is 1. The molecule has 58 heavy (non-hydrogen) atoms. The van der Waals surface area contributed by atoms with Crippen molar-refractivity contribution in [3.63, 3.8) is 0 Å². The van der Waals surface area contributed by atoms with E-state index >= 15 is 0 Å². The standard InChI is InChI=1S/C45H42N4O9/c50-38-19-17-36(37-18-20-40(52)49-41(37)38)39(51)25-46-24-27-9-13-29(14-10-27)42(53)47-33-22-34(23-33)48-43(54)30-15-11-28(12-16-30)26-58-35-8-4-7-32(21-35)45(57,44(55)56)31-5-2-1-3-6-31/h1-21,33-34,39,46,50-51,57H,22-26H2,(H,47,53)(H,48,54)(H,49,52)(H,55,56). The number of phenolic OH excluding ortho intramolecular Hbond substituents is 1. The molecule has 296 valence electrons. The summed E-state index contributed by atoms with van der Waals surface area (Å²) in [6.07, 6.45) is 0.305. The lowest BCUT2D eigenvalue weighted by Gasteiger charge is -2.36. The number of H-pyrrole nitrogens is 1. The number of phenols is 1. The van der Waals surface area contributed by atoms with Crippen molar-refractivity contribution >= 4 is 28.7 Å². The number of benzene rings is 5. The molecule has 1 heterocycles. The van der Waals surface area contributed by atoms with Crippen molar-refractivity contribution in [2.24, 2.45) is 0 Å². The molecule has 0 radical (unpaired) electrons. The van der Waals surface area contributed by atoms with E-state index in [0.717, 1.165) is 11.1 Å². The number of aromatic amines is 1. The van der Waals surface area contributed by atoms with E-state index in [-0.39, 0.29) is 65.0 Å². The number of fused-ring (bicyclic) bond motifs is 1. The molecule has 13 nitrogen and oxygen atoms in total. The molecule has 0 spiro atoms. The second-order valence-electron chi connectivity index (χ2n) is 14.3. The minimum atomic E-state index is -2.25. The molecule has 1 fully saturated rings. The first-order valence-corrected chi connectivity index (χ1v) is 18.8. The Morgan fingerprint density at radius 1 is 0.759 bits per heavy atom. The smallest absolute Gasteiger partial charge is 0.345 e. The maximum Gasteiger partial charge on any atom is 0.345 e. The predicted octanol–water partition coefficient (Wildman–Crippen LogP) is 4.65. The first-order valence-electron chi connectivity index (χ1n) is 18.8. The molecule has 2 amide bonds. The third-order valence-corrected chi connectivity index (χ3v) is 10.3. The number of aliphatic hydroxyl groups is 2. The van der Waals surface area contributed by atoms with Gasteiger partial charge in [-0.3, -0.25) is 14.4 Å². The van der Waals surface area contributed by atoms with E-state index in [4.69, 9.17) is 4.74 Å². The molecule has 8 N–H and O–H groups in total. The number of carboxylic acid groups (broad SMARTS) is 1. The van der Waals surface area contributed by atoms with E-state index in [0.29, 0.717) is 47.2 Å². The molecular weight excluding hydrogens is 741 g/mol. The van der Waals surface area contributed by atoms with Gasteiger partial charge < -0.3 is 46.1 Å². The average molecular weight is 783 g/mol. The Labute approximate surface area is 333 Å². The Hall–Kier alpha value is -6.80. The number of pyridine rings is 1. The van der Waals surface area contributed by atoms with Crippen LogP contribution in [0.2, 0.25) is 0 Å². The summed E-state index contributed by atoms with van der Waals surface area (Å²) in [6, 6.07) is 34.4. The summed E-state index contributed by atoms with van der Waals surface area (Å²) in [5.74, 6) is -1.53. The summed E-state index contributed by atoms with van der Waals surface area (Å²) in [4.78, 5) is 52.3. The van der Waals surface area contributed by atoms with Crippen LogP contribution in [0.5, 0.6) is 11.5 Å². The van der Waals surface area contributed by atoms with Crippen LogP contribution >= 0.6 is 0 Å². The molecule has 0 aliphatic heterocycles. The predicted molar refractivity (Wildman–Crippen MR) is 215 cm³/mol. The monoisotopic (exact) mass is 782 g/mol. The molecule has 0 saturated heterocycles. The maximum atomic E-state index is 12.9. The number of nitrogens with one attached hydrogen (secondary N) is 4. The first-order chi connectivity index (χ1) is 28.0. The van der Waals surface area contributed by atoms with Crippen LogP contribution in [-0.4, -0.2) is 61.8 Å². The highest BCUT2D eigenvalue weighted by Crippen LogP contribution is 2.33. The minimum absolute atomic E-state index is 0.0728. The summed E-state index contributed by atoms with van der Waals surface area (Å²) < 4.78 is 5.91. The van der Waals surface area contributed by atoms with Crippen molar-refractivity contribution in [2.75, 3.05) is 6.54 Å². The van der Waals surface area contributed by atoms with Crippen molar-refractivity contribution in [2.45, 2.75) is 49.8 Å². The number of amides is 2.